The SMILES string of the molecule is C[C@H]1CCN(c2ccc3nccc(C(=O)O)c3c2)C1. The van der Waals surface area contributed by atoms with E-state index >= 15 is 0 Å². The summed E-state index contributed by atoms with van der Waals surface area (Å²) in [6.07, 6.45) is 2.74. The number of hydrogen-bond acceptors (Lipinski definition) is 3. The fraction of sp³-hybridized carbons (Fsp3) is 0.333. The normalized spacial score (nSPS) is 19.0. The monoisotopic (exact) mass is 256 g/mol. The van der Waals surface area contributed by atoms with Gasteiger partial charge in [0.2, 0.25) is 0 Å². The molecular formula is C15H16N2O2. The molecule has 2 heterocycles. The van der Waals surface area contributed by atoms with Crippen molar-refractivity contribution in [2.45, 2.75) is 13.3 Å². The molecule has 2 aromatic rings. The van der Waals surface area contributed by atoms with Crippen molar-refractivity contribution >= 4 is 22.6 Å². The number of rotatable bonds is 2. The Morgan fingerprint density at radius 2 is 2.26 bits per heavy atom. The average molecular weight is 256 g/mol. The lowest BCUT2D eigenvalue weighted by Gasteiger charge is -2.18. The quantitative estimate of drug-likeness (QED) is 0.897. The maximum atomic E-state index is 11.3. The minimum atomic E-state index is -0.903. The third-order valence-corrected chi connectivity index (χ3v) is 3.74. The molecule has 3 rings (SSSR count). The summed E-state index contributed by atoms with van der Waals surface area (Å²) in [5, 5.41) is 9.95. The Balaban J connectivity index is 2.09. The molecule has 0 amide bonds. The molecule has 1 aromatic carbocycles. The molecule has 0 aliphatic carbocycles. The molecule has 1 aromatic heterocycles. The van der Waals surface area contributed by atoms with Crippen LogP contribution in [0.4, 0.5) is 5.69 Å². The molecule has 98 valence electrons. The maximum absolute atomic E-state index is 11.3. The van der Waals surface area contributed by atoms with E-state index in [1.165, 1.54) is 6.42 Å². The van der Waals surface area contributed by atoms with Gasteiger partial charge in [0.1, 0.15) is 0 Å². The van der Waals surface area contributed by atoms with Crippen molar-refractivity contribution in [1.29, 1.82) is 0 Å². The molecule has 1 N–H and O–H groups in total. The van der Waals surface area contributed by atoms with Gasteiger partial charge in [0.25, 0.3) is 0 Å². The molecule has 1 saturated heterocycles. The zero-order valence-electron chi connectivity index (χ0n) is 10.8. The fourth-order valence-electron chi connectivity index (χ4n) is 2.69. The van der Waals surface area contributed by atoms with Gasteiger partial charge in [0.05, 0.1) is 11.1 Å². The minimum absolute atomic E-state index is 0.319. The lowest BCUT2D eigenvalue weighted by atomic mass is 10.1. The first kappa shape index (κ1) is 12.0. The summed E-state index contributed by atoms with van der Waals surface area (Å²) in [7, 11) is 0. The third kappa shape index (κ3) is 2.14. The smallest absolute Gasteiger partial charge is 0.336 e. The molecule has 0 radical (unpaired) electrons. The van der Waals surface area contributed by atoms with Crippen LogP contribution in [-0.4, -0.2) is 29.1 Å². The zero-order valence-corrected chi connectivity index (χ0v) is 10.8. The summed E-state index contributed by atoms with van der Waals surface area (Å²) >= 11 is 0. The minimum Gasteiger partial charge on any atom is -0.478 e. The highest BCUT2D eigenvalue weighted by Crippen LogP contribution is 2.27. The van der Waals surface area contributed by atoms with Gasteiger partial charge >= 0.3 is 5.97 Å². The standard InChI is InChI=1S/C15H16N2O2/c1-10-5-7-17(9-10)11-2-3-14-13(8-11)12(15(18)19)4-6-16-14/h2-4,6,8,10H,5,7,9H2,1H3,(H,18,19)/t10-/m0/s1. The molecule has 1 aliphatic rings. The Bertz CT molecular complexity index is 639. The van der Waals surface area contributed by atoms with Crippen LogP contribution in [0, 0.1) is 5.92 Å². The van der Waals surface area contributed by atoms with Gasteiger partial charge in [-0.05, 0) is 36.6 Å². The summed E-state index contributed by atoms with van der Waals surface area (Å²) in [5.74, 6) is -0.206. The summed E-state index contributed by atoms with van der Waals surface area (Å²) in [5.41, 5.74) is 2.14. The van der Waals surface area contributed by atoms with Crippen LogP contribution in [0.5, 0.6) is 0 Å². The molecule has 4 heteroatoms. The van der Waals surface area contributed by atoms with Gasteiger partial charge in [-0.2, -0.15) is 0 Å². The molecule has 0 unspecified atom stereocenters. The van der Waals surface area contributed by atoms with Crippen LogP contribution >= 0.6 is 0 Å². The van der Waals surface area contributed by atoms with Gasteiger partial charge in [-0.3, -0.25) is 4.98 Å². The van der Waals surface area contributed by atoms with Gasteiger partial charge in [-0.1, -0.05) is 6.92 Å². The van der Waals surface area contributed by atoms with Crippen molar-refractivity contribution in [1.82, 2.24) is 4.98 Å². The van der Waals surface area contributed by atoms with E-state index in [1.807, 2.05) is 18.2 Å². The number of carboxylic acids is 1. The summed E-state index contributed by atoms with van der Waals surface area (Å²) in [4.78, 5) is 17.8. The molecule has 1 fully saturated rings. The van der Waals surface area contributed by atoms with Crippen molar-refractivity contribution < 1.29 is 9.90 Å². The van der Waals surface area contributed by atoms with Crippen LogP contribution in [0.1, 0.15) is 23.7 Å². The van der Waals surface area contributed by atoms with Gasteiger partial charge in [0.15, 0.2) is 0 Å². The first-order valence-corrected chi connectivity index (χ1v) is 6.52. The summed E-state index contributed by atoms with van der Waals surface area (Å²) in [6, 6.07) is 7.43. The molecule has 0 saturated carbocycles. The van der Waals surface area contributed by atoms with Gasteiger partial charge in [-0.25, -0.2) is 4.79 Å². The number of anilines is 1. The number of carbonyl (C=O) groups is 1. The highest BCUT2D eigenvalue weighted by atomic mass is 16.4. The van der Waals surface area contributed by atoms with Crippen LogP contribution in [0.15, 0.2) is 30.5 Å². The fourth-order valence-corrected chi connectivity index (χ4v) is 2.69. The van der Waals surface area contributed by atoms with Crippen molar-refractivity contribution in [3.05, 3.63) is 36.0 Å². The highest BCUT2D eigenvalue weighted by Gasteiger charge is 2.19. The number of aromatic nitrogens is 1. The number of benzene rings is 1. The summed E-state index contributed by atoms with van der Waals surface area (Å²) < 4.78 is 0. The third-order valence-electron chi connectivity index (χ3n) is 3.74. The van der Waals surface area contributed by atoms with E-state index in [4.69, 9.17) is 0 Å². The number of fused-ring (bicyclic) bond motifs is 1. The largest absolute Gasteiger partial charge is 0.478 e. The van der Waals surface area contributed by atoms with Crippen molar-refractivity contribution in [2.24, 2.45) is 5.92 Å². The molecule has 0 spiro atoms. The molecule has 4 nitrogen and oxygen atoms in total. The van der Waals surface area contributed by atoms with E-state index in [0.29, 0.717) is 16.9 Å². The Morgan fingerprint density at radius 3 is 2.95 bits per heavy atom. The van der Waals surface area contributed by atoms with Crippen LogP contribution in [0.2, 0.25) is 0 Å². The molecule has 1 atom stereocenters. The number of carboxylic acid groups (broad SMARTS) is 1. The van der Waals surface area contributed by atoms with Crippen LogP contribution in [-0.2, 0) is 0 Å². The number of pyridine rings is 1. The van der Waals surface area contributed by atoms with Crippen molar-refractivity contribution in [2.75, 3.05) is 18.0 Å². The van der Waals surface area contributed by atoms with Gasteiger partial charge < -0.3 is 10.0 Å². The van der Waals surface area contributed by atoms with Gasteiger partial charge in [0, 0.05) is 30.4 Å². The van der Waals surface area contributed by atoms with E-state index in [2.05, 4.69) is 16.8 Å². The van der Waals surface area contributed by atoms with E-state index in [-0.39, 0.29) is 0 Å². The predicted octanol–water partition coefficient (Wildman–Crippen LogP) is 2.78. The van der Waals surface area contributed by atoms with E-state index in [9.17, 15) is 9.90 Å². The summed E-state index contributed by atoms with van der Waals surface area (Å²) in [6.45, 7) is 4.31. The first-order chi connectivity index (χ1) is 9.15. The van der Waals surface area contributed by atoms with Crippen LogP contribution < -0.4 is 4.90 Å². The Hall–Kier alpha value is -2.10. The van der Waals surface area contributed by atoms with E-state index < -0.39 is 5.97 Å². The highest BCUT2D eigenvalue weighted by molar-refractivity contribution is 6.03. The van der Waals surface area contributed by atoms with Crippen LogP contribution in [0.3, 0.4) is 0 Å². The second-order valence-electron chi connectivity index (χ2n) is 5.20. The average Bonchev–Trinajstić information content (AvgIpc) is 2.84. The second kappa shape index (κ2) is 4.53. The molecule has 1 aliphatic heterocycles. The van der Waals surface area contributed by atoms with E-state index in [0.717, 1.165) is 24.3 Å². The predicted molar refractivity (Wildman–Crippen MR) is 74.7 cm³/mol. The van der Waals surface area contributed by atoms with Crippen molar-refractivity contribution in [3.63, 3.8) is 0 Å². The van der Waals surface area contributed by atoms with Gasteiger partial charge in [-0.15, -0.1) is 0 Å². The Kier molecular flexibility index (Phi) is 2.85. The topological polar surface area (TPSA) is 53.4 Å². The second-order valence-corrected chi connectivity index (χ2v) is 5.20. The molecule has 19 heavy (non-hydrogen) atoms. The molecular weight excluding hydrogens is 240 g/mol. The molecule has 0 bridgehead atoms. The number of hydrogen-bond donors (Lipinski definition) is 1. The Morgan fingerprint density at radius 1 is 1.42 bits per heavy atom. The number of nitrogens with zero attached hydrogens (tertiary/aromatic N) is 2. The van der Waals surface area contributed by atoms with Crippen LogP contribution in [0.25, 0.3) is 10.9 Å². The van der Waals surface area contributed by atoms with Crippen molar-refractivity contribution in [3.8, 4) is 0 Å². The Labute approximate surface area is 111 Å². The lowest BCUT2D eigenvalue weighted by molar-refractivity contribution is 0.0699. The number of aromatic carboxylic acids is 1. The van der Waals surface area contributed by atoms with E-state index in [1.54, 1.807) is 12.3 Å². The lowest BCUT2D eigenvalue weighted by Crippen LogP contribution is -2.18. The zero-order chi connectivity index (χ0) is 13.4. The maximum Gasteiger partial charge on any atom is 0.336 e. The first-order valence-electron chi connectivity index (χ1n) is 6.52.